The lowest BCUT2D eigenvalue weighted by Gasteiger charge is -2.11. The standard InChI is InChI=1S/C11H15ClN5O/c1-16(2)11(17(3)4)18-9-6-7(12)5-8-10(9)14-15-13-8/h5-6H,1-4H3,(H,13,14,15)/q+1. The Morgan fingerprint density at radius 1 is 1.33 bits per heavy atom. The van der Waals surface area contributed by atoms with E-state index in [1.807, 2.05) is 37.7 Å². The van der Waals surface area contributed by atoms with Crippen LogP contribution in [-0.4, -0.2) is 59.1 Å². The molecule has 0 unspecified atom stereocenters. The lowest BCUT2D eigenvalue weighted by Crippen LogP contribution is -2.34. The van der Waals surface area contributed by atoms with Gasteiger partial charge in [-0.05, 0) is 6.07 Å². The van der Waals surface area contributed by atoms with E-state index < -0.39 is 0 Å². The van der Waals surface area contributed by atoms with E-state index in [-0.39, 0.29) is 0 Å². The number of nitrogens with one attached hydrogen (secondary N) is 1. The van der Waals surface area contributed by atoms with Crippen molar-refractivity contribution in [1.29, 1.82) is 0 Å². The van der Waals surface area contributed by atoms with Crippen molar-refractivity contribution in [3.63, 3.8) is 0 Å². The van der Waals surface area contributed by atoms with Crippen LogP contribution in [0.3, 0.4) is 0 Å². The first-order chi connectivity index (χ1) is 8.49. The highest BCUT2D eigenvalue weighted by atomic mass is 35.5. The first-order valence-electron chi connectivity index (χ1n) is 5.38. The monoisotopic (exact) mass is 268 g/mol. The molecule has 0 saturated heterocycles. The maximum absolute atomic E-state index is 6.03. The Morgan fingerprint density at radius 3 is 2.67 bits per heavy atom. The minimum atomic E-state index is 0.559. The van der Waals surface area contributed by atoms with Crippen molar-refractivity contribution in [1.82, 2.24) is 20.3 Å². The van der Waals surface area contributed by atoms with Crippen LogP contribution in [0.1, 0.15) is 0 Å². The van der Waals surface area contributed by atoms with Crippen LogP contribution < -0.4 is 4.74 Å². The number of hydrogen-bond donors (Lipinski definition) is 1. The van der Waals surface area contributed by atoms with Crippen molar-refractivity contribution < 1.29 is 9.31 Å². The fourth-order valence-corrected chi connectivity index (χ4v) is 1.85. The number of ether oxygens (including phenoxy) is 1. The number of halogens is 1. The molecule has 0 aliphatic carbocycles. The van der Waals surface area contributed by atoms with Crippen LogP contribution >= 0.6 is 11.6 Å². The maximum atomic E-state index is 6.03. The van der Waals surface area contributed by atoms with Gasteiger partial charge in [-0.1, -0.05) is 11.6 Å². The molecule has 18 heavy (non-hydrogen) atoms. The average Bonchev–Trinajstić information content (AvgIpc) is 2.72. The van der Waals surface area contributed by atoms with Gasteiger partial charge in [0.15, 0.2) is 11.3 Å². The predicted molar refractivity (Wildman–Crippen MR) is 70.3 cm³/mol. The summed E-state index contributed by atoms with van der Waals surface area (Å²) in [6, 6.07) is 4.14. The fourth-order valence-electron chi connectivity index (χ4n) is 1.65. The second-order valence-electron chi connectivity index (χ2n) is 4.27. The molecule has 7 heteroatoms. The van der Waals surface area contributed by atoms with E-state index in [9.17, 15) is 0 Å². The third kappa shape index (κ3) is 2.38. The molecule has 1 heterocycles. The molecule has 2 rings (SSSR count). The summed E-state index contributed by atoms with van der Waals surface area (Å²) in [5, 5.41) is 11.2. The lowest BCUT2D eigenvalue weighted by atomic mass is 10.3. The Kier molecular flexibility index (Phi) is 3.38. The van der Waals surface area contributed by atoms with Gasteiger partial charge < -0.3 is 4.74 Å². The van der Waals surface area contributed by atoms with E-state index in [1.165, 1.54) is 0 Å². The highest BCUT2D eigenvalue weighted by Gasteiger charge is 2.18. The number of H-pyrrole nitrogens is 1. The molecule has 0 bridgehead atoms. The van der Waals surface area contributed by atoms with Crippen molar-refractivity contribution in [2.45, 2.75) is 0 Å². The Bertz CT molecular complexity index is 600. The molecule has 0 atom stereocenters. The summed E-state index contributed by atoms with van der Waals surface area (Å²) in [5.74, 6) is 0.573. The van der Waals surface area contributed by atoms with E-state index in [0.717, 1.165) is 0 Å². The first-order valence-corrected chi connectivity index (χ1v) is 5.76. The van der Waals surface area contributed by atoms with Gasteiger partial charge in [0.1, 0.15) is 5.52 Å². The molecule has 0 fully saturated rings. The van der Waals surface area contributed by atoms with E-state index in [2.05, 4.69) is 15.4 Å². The van der Waals surface area contributed by atoms with Crippen molar-refractivity contribution in [2.75, 3.05) is 28.2 Å². The van der Waals surface area contributed by atoms with Gasteiger partial charge in [0.2, 0.25) is 0 Å². The summed E-state index contributed by atoms with van der Waals surface area (Å²) in [6.07, 6.45) is 0. The zero-order valence-electron chi connectivity index (χ0n) is 10.7. The Balaban J connectivity index is 2.48. The van der Waals surface area contributed by atoms with Crippen LogP contribution in [0.15, 0.2) is 12.1 Å². The molecule has 1 N–H and O–H groups in total. The number of hydrogen-bond acceptors (Lipinski definition) is 3. The SMILES string of the molecule is CN(C)C(Oc1cc(Cl)cc2n[nH]nc12)=[N+](C)C. The van der Waals surface area contributed by atoms with Crippen molar-refractivity contribution in [2.24, 2.45) is 0 Å². The molecule has 0 amide bonds. The molecular weight excluding hydrogens is 254 g/mol. The minimum Gasteiger partial charge on any atom is -0.390 e. The Labute approximate surface area is 110 Å². The van der Waals surface area contributed by atoms with Crippen LogP contribution in [-0.2, 0) is 0 Å². The molecule has 1 aromatic carbocycles. The van der Waals surface area contributed by atoms with Crippen molar-refractivity contribution >= 4 is 28.7 Å². The number of aromatic amines is 1. The van der Waals surface area contributed by atoms with E-state index in [0.29, 0.717) is 27.8 Å². The van der Waals surface area contributed by atoms with Crippen LogP contribution in [0.25, 0.3) is 11.0 Å². The zero-order valence-corrected chi connectivity index (χ0v) is 11.5. The smallest absolute Gasteiger partial charge is 0.390 e. The summed E-state index contributed by atoms with van der Waals surface area (Å²) < 4.78 is 7.72. The molecule has 0 saturated carbocycles. The van der Waals surface area contributed by atoms with Gasteiger partial charge >= 0.3 is 6.02 Å². The molecule has 0 spiro atoms. The highest BCUT2D eigenvalue weighted by molar-refractivity contribution is 6.31. The molecule has 6 nitrogen and oxygen atoms in total. The van der Waals surface area contributed by atoms with Crippen LogP contribution in [0, 0.1) is 0 Å². The topological polar surface area (TPSA) is 57.0 Å². The van der Waals surface area contributed by atoms with Crippen LogP contribution in [0.2, 0.25) is 5.02 Å². The van der Waals surface area contributed by atoms with Gasteiger partial charge in [-0.2, -0.15) is 15.4 Å². The molecule has 2 aromatic rings. The van der Waals surface area contributed by atoms with Gasteiger partial charge in [0, 0.05) is 11.1 Å². The van der Waals surface area contributed by atoms with Crippen molar-refractivity contribution in [3.8, 4) is 5.75 Å². The van der Waals surface area contributed by atoms with E-state index >= 15 is 0 Å². The third-order valence-electron chi connectivity index (χ3n) is 2.32. The number of nitrogens with zero attached hydrogens (tertiary/aromatic N) is 4. The van der Waals surface area contributed by atoms with Gasteiger partial charge in [0.25, 0.3) is 0 Å². The molecule has 1 aromatic heterocycles. The van der Waals surface area contributed by atoms with Gasteiger partial charge in [-0.15, -0.1) is 0 Å². The summed E-state index contributed by atoms with van der Waals surface area (Å²) in [6.45, 7) is 0. The Hall–Kier alpha value is -1.82. The predicted octanol–water partition coefficient (Wildman–Crippen LogP) is 1.18. The summed E-state index contributed by atoms with van der Waals surface area (Å²) in [4.78, 5) is 1.87. The number of fused-ring (bicyclic) bond motifs is 1. The van der Waals surface area contributed by atoms with Crippen molar-refractivity contribution in [3.05, 3.63) is 17.2 Å². The summed E-state index contributed by atoms with van der Waals surface area (Å²) >= 11 is 6.03. The number of benzene rings is 1. The second kappa shape index (κ2) is 4.81. The first kappa shape index (κ1) is 12.6. The lowest BCUT2D eigenvalue weighted by molar-refractivity contribution is -0.478. The van der Waals surface area contributed by atoms with E-state index in [4.69, 9.17) is 16.3 Å². The normalized spacial score (nSPS) is 10.5. The molecule has 96 valence electrons. The third-order valence-corrected chi connectivity index (χ3v) is 2.54. The van der Waals surface area contributed by atoms with Gasteiger partial charge in [-0.3, -0.25) is 0 Å². The summed E-state index contributed by atoms with van der Waals surface area (Å²) in [7, 11) is 7.61. The fraction of sp³-hybridized carbons (Fsp3) is 0.364. The number of aromatic nitrogens is 3. The molecule has 0 radical (unpaired) electrons. The minimum absolute atomic E-state index is 0.559. The number of rotatable bonds is 1. The quantitative estimate of drug-likeness (QED) is 0.479. The van der Waals surface area contributed by atoms with Gasteiger partial charge in [0.05, 0.1) is 28.2 Å². The highest BCUT2D eigenvalue weighted by Crippen LogP contribution is 2.27. The maximum Gasteiger partial charge on any atom is 0.450 e. The van der Waals surface area contributed by atoms with Crippen LogP contribution in [0.5, 0.6) is 5.75 Å². The van der Waals surface area contributed by atoms with Crippen LogP contribution in [0.4, 0.5) is 0 Å². The number of amidine groups is 1. The molecule has 0 aliphatic rings. The molecule has 0 aliphatic heterocycles. The largest absolute Gasteiger partial charge is 0.450 e. The average molecular weight is 269 g/mol. The summed E-state index contributed by atoms with van der Waals surface area (Å²) in [5.41, 5.74) is 1.33. The molecular formula is C11H15ClN5O+. The Morgan fingerprint density at radius 2 is 2.06 bits per heavy atom. The second-order valence-corrected chi connectivity index (χ2v) is 4.71. The van der Waals surface area contributed by atoms with E-state index in [1.54, 1.807) is 12.1 Å². The van der Waals surface area contributed by atoms with Gasteiger partial charge in [-0.25, -0.2) is 9.48 Å². The zero-order chi connectivity index (χ0) is 13.3.